The number of aliphatic hydroxyl groups is 2. The quantitative estimate of drug-likeness (QED) is 0.771. The summed E-state index contributed by atoms with van der Waals surface area (Å²) in [6, 6.07) is -0.0627. The molecular formula is C10H19N3O2S. The van der Waals surface area contributed by atoms with E-state index in [1.807, 2.05) is 18.7 Å². The summed E-state index contributed by atoms with van der Waals surface area (Å²) in [5.74, 6) is 0.806. The molecule has 0 aliphatic heterocycles. The Morgan fingerprint density at radius 3 is 2.56 bits per heavy atom. The molecule has 0 aliphatic rings. The van der Waals surface area contributed by atoms with Crippen molar-refractivity contribution < 1.29 is 10.2 Å². The van der Waals surface area contributed by atoms with Gasteiger partial charge < -0.3 is 15.1 Å². The fraction of sp³-hybridized carbons (Fsp3) is 0.800. The highest BCUT2D eigenvalue weighted by molar-refractivity contribution is 7.09. The number of nitrogens with zero attached hydrogens (tertiary/aromatic N) is 3. The van der Waals surface area contributed by atoms with Crippen LogP contribution in [0.25, 0.3) is 0 Å². The Bertz CT molecular complexity index is 317. The molecule has 5 nitrogen and oxygen atoms in total. The molecule has 0 saturated heterocycles. The molecule has 16 heavy (non-hydrogen) atoms. The highest BCUT2D eigenvalue weighted by atomic mass is 32.1. The molecule has 92 valence electrons. The van der Waals surface area contributed by atoms with Gasteiger partial charge in [-0.15, -0.1) is 0 Å². The van der Waals surface area contributed by atoms with Crippen molar-refractivity contribution in [3.05, 3.63) is 5.82 Å². The Kier molecular flexibility index (Phi) is 5.11. The van der Waals surface area contributed by atoms with Crippen LogP contribution in [0.4, 0.5) is 5.13 Å². The van der Waals surface area contributed by atoms with Crippen LogP contribution in [0.15, 0.2) is 0 Å². The van der Waals surface area contributed by atoms with Gasteiger partial charge in [-0.2, -0.15) is 4.37 Å². The monoisotopic (exact) mass is 245 g/mol. The second-order valence-electron chi connectivity index (χ2n) is 3.88. The minimum atomic E-state index is -0.456. The Morgan fingerprint density at radius 1 is 1.44 bits per heavy atom. The lowest BCUT2D eigenvalue weighted by atomic mass is 10.3. The average molecular weight is 245 g/mol. The molecule has 0 aliphatic carbocycles. The van der Waals surface area contributed by atoms with Crippen molar-refractivity contribution in [1.82, 2.24) is 9.36 Å². The van der Waals surface area contributed by atoms with E-state index in [9.17, 15) is 10.2 Å². The average Bonchev–Trinajstić information content (AvgIpc) is 2.72. The van der Waals surface area contributed by atoms with Crippen LogP contribution in [0.1, 0.15) is 26.6 Å². The summed E-state index contributed by atoms with van der Waals surface area (Å²) in [5, 5.41) is 19.4. The van der Waals surface area contributed by atoms with E-state index in [4.69, 9.17) is 0 Å². The van der Waals surface area contributed by atoms with Crippen LogP contribution < -0.4 is 4.90 Å². The van der Waals surface area contributed by atoms with E-state index in [-0.39, 0.29) is 12.6 Å². The zero-order valence-corrected chi connectivity index (χ0v) is 10.7. The number of aliphatic hydroxyl groups excluding tert-OH is 2. The summed E-state index contributed by atoms with van der Waals surface area (Å²) < 4.78 is 4.21. The SMILES string of the molecule is CCc1nsc(N(C[C@H](C)O)[C@@H](C)CO)n1. The lowest BCUT2D eigenvalue weighted by Crippen LogP contribution is -2.40. The van der Waals surface area contributed by atoms with Gasteiger partial charge in [-0.1, -0.05) is 6.92 Å². The van der Waals surface area contributed by atoms with Gasteiger partial charge in [-0.05, 0) is 13.8 Å². The molecule has 2 atom stereocenters. The van der Waals surface area contributed by atoms with Gasteiger partial charge in [0.15, 0.2) is 0 Å². The first kappa shape index (κ1) is 13.3. The third-order valence-electron chi connectivity index (χ3n) is 2.28. The van der Waals surface area contributed by atoms with E-state index < -0.39 is 6.10 Å². The summed E-state index contributed by atoms with van der Waals surface area (Å²) >= 11 is 1.31. The smallest absolute Gasteiger partial charge is 0.205 e. The molecule has 0 amide bonds. The number of hydrogen-bond acceptors (Lipinski definition) is 6. The molecule has 6 heteroatoms. The van der Waals surface area contributed by atoms with Crippen LogP contribution >= 0.6 is 11.5 Å². The van der Waals surface area contributed by atoms with Crippen molar-refractivity contribution >= 4 is 16.7 Å². The van der Waals surface area contributed by atoms with Crippen molar-refractivity contribution in [2.75, 3.05) is 18.1 Å². The largest absolute Gasteiger partial charge is 0.394 e. The first-order valence-electron chi connectivity index (χ1n) is 5.46. The standard InChI is InChI=1S/C10H19N3O2S/c1-4-9-11-10(16-12-9)13(5-8(3)15)7(2)6-14/h7-8,14-15H,4-6H2,1-3H3/t7-,8-/m0/s1. The van der Waals surface area contributed by atoms with Gasteiger partial charge in [0.05, 0.1) is 18.8 Å². The Morgan fingerprint density at radius 2 is 2.12 bits per heavy atom. The molecule has 1 aromatic rings. The molecule has 0 saturated carbocycles. The molecule has 0 bridgehead atoms. The van der Waals surface area contributed by atoms with Crippen molar-refractivity contribution in [2.24, 2.45) is 0 Å². The molecule has 0 fully saturated rings. The zero-order valence-electron chi connectivity index (χ0n) is 9.92. The van der Waals surface area contributed by atoms with Crippen LogP contribution in [-0.4, -0.2) is 44.9 Å². The van der Waals surface area contributed by atoms with Crippen molar-refractivity contribution in [3.8, 4) is 0 Å². The van der Waals surface area contributed by atoms with Crippen molar-refractivity contribution in [1.29, 1.82) is 0 Å². The van der Waals surface area contributed by atoms with Crippen molar-refractivity contribution in [3.63, 3.8) is 0 Å². The zero-order chi connectivity index (χ0) is 12.1. The van der Waals surface area contributed by atoms with E-state index >= 15 is 0 Å². The molecule has 0 spiro atoms. The molecule has 0 unspecified atom stereocenters. The predicted octanol–water partition coefficient (Wildman–Crippen LogP) is 0.668. The fourth-order valence-corrected chi connectivity index (χ4v) is 2.20. The summed E-state index contributed by atoms with van der Waals surface area (Å²) in [6.45, 7) is 6.11. The Balaban J connectivity index is 2.82. The van der Waals surface area contributed by atoms with Crippen LogP contribution in [0, 0.1) is 0 Å². The Labute approximate surface area is 99.9 Å². The molecule has 0 radical (unpaired) electrons. The number of rotatable bonds is 6. The van der Waals surface area contributed by atoms with Crippen LogP contribution in [-0.2, 0) is 6.42 Å². The lowest BCUT2D eigenvalue weighted by Gasteiger charge is -2.28. The van der Waals surface area contributed by atoms with Gasteiger partial charge in [0, 0.05) is 24.5 Å². The van der Waals surface area contributed by atoms with E-state index in [1.165, 1.54) is 11.5 Å². The van der Waals surface area contributed by atoms with Gasteiger partial charge in [0.25, 0.3) is 0 Å². The van der Waals surface area contributed by atoms with Gasteiger partial charge in [-0.25, -0.2) is 4.98 Å². The molecule has 2 N–H and O–H groups in total. The fourth-order valence-electron chi connectivity index (χ4n) is 1.33. The second-order valence-corrected chi connectivity index (χ2v) is 4.61. The topological polar surface area (TPSA) is 69.5 Å². The normalized spacial score (nSPS) is 14.8. The maximum Gasteiger partial charge on any atom is 0.205 e. The molecule has 0 aromatic carbocycles. The molecule has 1 aromatic heterocycles. The van der Waals surface area contributed by atoms with Gasteiger partial charge in [0.1, 0.15) is 5.82 Å². The summed E-state index contributed by atoms with van der Waals surface area (Å²) in [6.07, 6.45) is 0.343. The highest BCUT2D eigenvalue weighted by Gasteiger charge is 2.19. The first-order valence-corrected chi connectivity index (χ1v) is 6.24. The van der Waals surface area contributed by atoms with Crippen molar-refractivity contribution in [2.45, 2.75) is 39.3 Å². The summed E-state index contributed by atoms with van der Waals surface area (Å²) in [4.78, 5) is 6.25. The van der Waals surface area contributed by atoms with Crippen LogP contribution in [0.3, 0.4) is 0 Å². The predicted molar refractivity (Wildman–Crippen MR) is 64.9 cm³/mol. The number of hydrogen-bond donors (Lipinski definition) is 2. The third kappa shape index (κ3) is 3.40. The van der Waals surface area contributed by atoms with E-state index in [1.54, 1.807) is 6.92 Å². The summed E-state index contributed by atoms with van der Waals surface area (Å²) in [7, 11) is 0. The highest BCUT2D eigenvalue weighted by Crippen LogP contribution is 2.20. The number of aromatic nitrogens is 2. The maximum absolute atomic E-state index is 9.43. The molecule has 1 rings (SSSR count). The van der Waals surface area contributed by atoms with Gasteiger partial charge in [-0.3, -0.25) is 0 Å². The first-order chi connectivity index (χ1) is 7.58. The minimum Gasteiger partial charge on any atom is -0.394 e. The third-order valence-corrected chi connectivity index (χ3v) is 3.07. The minimum absolute atomic E-state index is 0.0355. The van der Waals surface area contributed by atoms with Gasteiger partial charge >= 0.3 is 0 Å². The molecular weight excluding hydrogens is 226 g/mol. The second kappa shape index (κ2) is 6.12. The van der Waals surface area contributed by atoms with Crippen LogP contribution in [0.2, 0.25) is 0 Å². The number of anilines is 1. The Hall–Kier alpha value is -0.720. The van der Waals surface area contributed by atoms with Gasteiger partial charge in [0.2, 0.25) is 5.13 Å². The maximum atomic E-state index is 9.43. The number of aryl methyl sites for hydroxylation is 1. The van der Waals surface area contributed by atoms with E-state index in [2.05, 4.69) is 9.36 Å². The molecule has 1 heterocycles. The van der Waals surface area contributed by atoms with Crippen LogP contribution in [0.5, 0.6) is 0 Å². The van der Waals surface area contributed by atoms with E-state index in [0.717, 1.165) is 17.4 Å². The summed E-state index contributed by atoms with van der Waals surface area (Å²) in [5.41, 5.74) is 0. The lowest BCUT2D eigenvalue weighted by molar-refractivity contribution is 0.189. The van der Waals surface area contributed by atoms with E-state index in [0.29, 0.717) is 6.54 Å².